The largest absolute Gasteiger partial charge is 0.490 e. The van der Waals surface area contributed by atoms with Crippen molar-refractivity contribution in [3.63, 3.8) is 0 Å². The Morgan fingerprint density at radius 1 is 1.15 bits per heavy atom. The molecule has 140 valence electrons. The molecular formula is C21H23N3O3. The van der Waals surface area contributed by atoms with E-state index in [1.807, 2.05) is 49.4 Å². The molecule has 1 amide bonds. The van der Waals surface area contributed by atoms with E-state index in [4.69, 9.17) is 9.47 Å². The van der Waals surface area contributed by atoms with Crippen LogP contribution in [-0.4, -0.2) is 28.8 Å². The van der Waals surface area contributed by atoms with Gasteiger partial charge in [-0.3, -0.25) is 10.2 Å². The fourth-order valence-corrected chi connectivity index (χ4v) is 2.60. The van der Waals surface area contributed by atoms with Crippen LogP contribution in [0.1, 0.15) is 25.8 Å². The monoisotopic (exact) mass is 365 g/mol. The molecular weight excluding hydrogens is 342 g/mol. The van der Waals surface area contributed by atoms with Crippen LogP contribution >= 0.6 is 0 Å². The molecule has 2 aromatic carbocycles. The van der Waals surface area contributed by atoms with Crippen LogP contribution in [0.25, 0.3) is 17.1 Å². The number of carbonyl (C=O) groups excluding carboxylic acids is 1. The van der Waals surface area contributed by atoms with Crippen LogP contribution in [0.3, 0.4) is 0 Å². The fraction of sp³-hybridized carbons (Fsp3) is 0.238. The van der Waals surface area contributed by atoms with Crippen LogP contribution in [0.4, 0.5) is 0 Å². The zero-order valence-corrected chi connectivity index (χ0v) is 15.5. The van der Waals surface area contributed by atoms with E-state index in [0.717, 1.165) is 23.0 Å². The smallest absolute Gasteiger partial charge is 0.262 e. The molecule has 3 aromatic rings. The fourth-order valence-electron chi connectivity index (χ4n) is 2.60. The van der Waals surface area contributed by atoms with E-state index in [1.165, 1.54) is 6.08 Å². The van der Waals surface area contributed by atoms with Crippen LogP contribution in [-0.2, 0) is 4.79 Å². The summed E-state index contributed by atoms with van der Waals surface area (Å²) in [5.41, 5.74) is 5.31. The Morgan fingerprint density at radius 2 is 2.00 bits per heavy atom. The van der Waals surface area contributed by atoms with Gasteiger partial charge >= 0.3 is 0 Å². The Labute approximate surface area is 158 Å². The third-order valence-corrected chi connectivity index (χ3v) is 3.84. The number of amides is 1. The van der Waals surface area contributed by atoms with Gasteiger partial charge in [0.15, 0.2) is 11.5 Å². The van der Waals surface area contributed by atoms with Gasteiger partial charge in [-0.05, 0) is 49.2 Å². The second-order valence-corrected chi connectivity index (χ2v) is 5.90. The minimum atomic E-state index is -0.248. The van der Waals surface area contributed by atoms with Crippen molar-refractivity contribution < 1.29 is 14.3 Å². The molecule has 0 atom stereocenters. The molecule has 27 heavy (non-hydrogen) atoms. The summed E-state index contributed by atoms with van der Waals surface area (Å²) in [4.78, 5) is 16.5. The number of fused-ring (bicyclic) bond motifs is 1. The van der Waals surface area contributed by atoms with Gasteiger partial charge < -0.3 is 9.47 Å². The highest BCUT2D eigenvalue weighted by atomic mass is 16.5. The third kappa shape index (κ3) is 4.67. The lowest BCUT2D eigenvalue weighted by Gasteiger charge is -2.12. The highest BCUT2D eigenvalue weighted by Crippen LogP contribution is 2.29. The van der Waals surface area contributed by atoms with E-state index in [1.54, 1.807) is 17.1 Å². The number of imidazole rings is 1. The number of nitrogens with one attached hydrogen (secondary N) is 1. The topological polar surface area (TPSA) is 65.4 Å². The van der Waals surface area contributed by atoms with Gasteiger partial charge in [0.25, 0.3) is 5.91 Å². The highest BCUT2D eigenvalue weighted by Gasteiger charge is 2.06. The molecule has 0 saturated carbocycles. The van der Waals surface area contributed by atoms with Gasteiger partial charge in [-0.15, -0.1) is 0 Å². The number of carbonyl (C=O) groups is 1. The summed E-state index contributed by atoms with van der Waals surface area (Å²) in [6.45, 7) is 5.16. The standard InChI is InChI=1S/C21H23N3O3/c1-3-13-27-19-11-9-16(14-20(19)26-4-2)10-12-21(25)23-24-15-22-17-7-5-6-8-18(17)24/h5-12,14-15H,3-4,13H2,1-2H3,(H,23,25)/b12-10+. The Bertz CT molecular complexity index is 947. The van der Waals surface area contributed by atoms with Crippen molar-refractivity contribution in [2.45, 2.75) is 20.3 Å². The molecule has 0 bridgehead atoms. The molecule has 0 unspecified atom stereocenters. The van der Waals surface area contributed by atoms with E-state index >= 15 is 0 Å². The van der Waals surface area contributed by atoms with E-state index in [0.29, 0.717) is 24.7 Å². The van der Waals surface area contributed by atoms with Crippen molar-refractivity contribution in [3.8, 4) is 11.5 Å². The number of rotatable bonds is 8. The lowest BCUT2D eigenvalue weighted by Crippen LogP contribution is -2.19. The molecule has 0 aliphatic heterocycles. The molecule has 1 aromatic heterocycles. The number of ether oxygens (including phenoxy) is 2. The summed E-state index contributed by atoms with van der Waals surface area (Å²) in [6.07, 6.45) is 5.73. The van der Waals surface area contributed by atoms with Crippen molar-refractivity contribution >= 4 is 23.0 Å². The van der Waals surface area contributed by atoms with Crippen molar-refractivity contribution in [2.24, 2.45) is 0 Å². The Balaban J connectivity index is 1.70. The van der Waals surface area contributed by atoms with E-state index in [-0.39, 0.29) is 5.91 Å². The lowest BCUT2D eigenvalue weighted by atomic mass is 10.2. The highest BCUT2D eigenvalue weighted by molar-refractivity contribution is 5.98. The summed E-state index contributed by atoms with van der Waals surface area (Å²) in [5, 5.41) is 0. The molecule has 1 N–H and O–H groups in total. The van der Waals surface area contributed by atoms with Crippen LogP contribution in [0, 0.1) is 0 Å². The third-order valence-electron chi connectivity index (χ3n) is 3.84. The van der Waals surface area contributed by atoms with Crippen molar-refractivity contribution in [1.82, 2.24) is 9.66 Å². The number of aromatic nitrogens is 2. The van der Waals surface area contributed by atoms with Gasteiger partial charge in [-0.25, -0.2) is 9.66 Å². The summed E-state index contributed by atoms with van der Waals surface area (Å²) < 4.78 is 12.9. The summed E-state index contributed by atoms with van der Waals surface area (Å²) in [7, 11) is 0. The Hall–Kier alpha value is -3.28. The Kier molecular flexibility index (Phi) is 6.10. The van der Waals surface area contributed by atoms with Crippen molar-refractivity contribution in [2.75, 3.05) is 18.6 Å². The molecule has 0 spiro atoms. The summed E-state index contributed by atoms with van der Waals surface area (Å²) in [6, 6.07) is 13.2. The molecule has 6 heteroatoms. The van der Waals surface area contributed by atoms with E-state index in [9.17, 15) is 4.79 Å². The van der Waals surface area contributed by atoms with Crippen LogP contribution < -0.4 is 14.9 Å². The van der Waals surface area contributed by atoms with Crippen molar-refractivity contribution in [3.05, 3.63) is 60.4 Å². The first kappa shape index (κ1) is 18.5. The number of hydrogen-bond donors (Lipinski definition) is 1. The quantitative estimate of drug-likeness (QED) is 0.613. The normalized spacial score (nSPS) is 11.0. The minimum absolute atomic E-state index is 0.248. The molecule has 3 rings (SSSR count). The van der Waals surface area contributed by atoms with Crippen molar-refractivity contribution in [1.29, 1.82) is 0 Å². The maximum Gasteiger partial charge on any atom is 0.262 e. The zero-order chi connectivity index (χ0) is 19.1. The van der Waals surface area contributed by atoms with E-state index < -0.39 is 0 Å². The second-order valence-electron chi connectivity index (χ2n) is 5.90. The molecule has 0 fully saturated rings. The lowest BCUT2D eigenvalue weighted by molar-refractivity contribution is -0.112. The molecule has 0 saturated heterocycles. The average molecular weight is 365 g/mol. The SMILES string of the molecule is CCCOc1ccc(/C=C/C(=O)Nn2cnc3ccccc32)cc1OCC. The second kappa shape index (κ2) is 8.89. The number of benzene rings is 2. The summed E-state index contributed by atoms with van der Waals surface area (Å²) in [5.74, 6) is 1.14. The van der Waals surface area contributed by atoms with Gasteiger partial charge in [0, 0.05) is 6.08 Å². The van der Waals surface area contributed by atoms with Crippen LogP contribution in [0.2, 0.25) is 0 Å². The first-order chi connectivity index (χ1) is 13.2. The van der Waals surface area contributed by atoms with Crippen LogP contribution in [0.5, 0.6) is 11.5 Å². The maximum atomic E-state index is 12.2. The average Bonchev–Trinajstić information content (AvgIpc) is 3.09. The first-order valence-corrected chi connectivity index (χ1v) is 9.02. The van der Waals surface area contributed by atoms with Gasteiger partial charge in [-0.1, -0.05) is 25.1 Å². The predicted molar refractivity (Wildman–Crippen MR) is 107 cm³/mol. The first-order valence-electron chi connectivity index (χ1n) is 9.02. The summed E-state index contributed by atoms with van der Waals surface area (Å²) >= 11 is 0. The van der Waals surface area contributed by atoms with Crippen LogP contribution in [0.15, 0.2) is 54.9 Å². The molecule has 0 aliphatic rings. The number of nitrogens with zero attached hydrogens (tertiary/aromatic N) is 2. The number of para-hydroxylation sites is 2. The molecule has 0 aliphatic carbocycles. The maximum absolute atomic E-state index is 12.2. The molecule has 0 radical (unpaired) electrons. The molecule has 6 nitrogen and oxygen atoms in total. The number of hydrogen-bond acceptors (Lipinski definition) is 4. The van der Waals surface area contributed by atoms with Gasteiger partial charge in [-0.2, -0.15) is 0 Å². The van der Waals surface area contributed by atoms with E-state index in [2.05, 4.69) is 17.3 Å². The minimum Gasteiger partial charge on any atom is -0.490 e. The van der Waals surface area contributed by atoms with Gasteiger partial charge in [0.2, 0.25) is 0 Å². The van der Waals surface area contributed by atoms with Gasteiger partial charge in [0.1, 0.15) is 6.33 Å². The zero-order valence-electron chi connectivity index (χ0n) is 15.5. The predicted octanol–water partition coefficient (Wildman–Crippen LogP) is 4.01. The Morgan fingerprint density at radius 3 is 2.81 bits per heavy atom. The molecule has 1 heterocycles. The van der Waals surface area contributed by atoms with Gasteiger partial charge in [0.05, 0.1) is 24.2 Å².